The Morgan fingerprint density at radius 2 is 2.33 bits per heavy atom. The Labute approximate surface area is 142 Å². The van der Waals surface area contributed by atoms with E-state index in [4.69, 9.17) is 10.5 Å². The zero-order valence-corrected chi connectivity index (χ0v) is 14.7. The second-order valence-corrected chi connectivity index (χ2v) is 6.57. The summed E-state index contributed by atoms with van der Waals surface area (Å²) in [7, 11) is 0. The number of piperazine rings is 1. The van der Waals surface area contributed by atoms with Crippen LogP contribution in [-0.4, -0.2) is 56.3 Å². The van der Waals surface area contributed by atoms with Crippen LogP contribution in [0, 0.1) is 0 Å². The highest BCUT2D eigenvalue weighted by molar-refractivity contribution is 5.59. The van der Waals surface area contributed by atoms with Gasteiger partial charge in [0, 0.05) is 32.2 Å². The highest BCUT2D eigenvalue weighted by Gasteiger charge is 2.19. The zero-order chi connectivity index (χ0) is 17.1. The van der Waals surface area contributed by atoms with Gasteiger partial charge < -0.3 is 15.8 Å². The van der Waals surface area contributed by atoms with Gasteiger partial charge in [0.25, 0.3) is 0 Å². The van der Waals surface area contributed by atoms with Gasteiger partial charge in [-0.2, -0.15) is 4.98 Å². The van der Waals surface area contributed by atoms with Crippen LogP contribution in [0.3, 0.4) is 0 Å². The summed E-state index contributed by atoms with van der Waals surface area (Å²) in [4.78, 5) is 11.0. The summed E-state index contributed by atoms with van der Waals surface area (Å²) in [5, 5.41) is 7.95. The van der Waals surface area contributed by atoms with Crippen molar-refractivity contribution in [2.24, 2.45) is 0 Å². The van der Waals surface area contributed by atoms with Gasteiger partial charge in [-0.1, -0.05) is 13.3 Å². The first kappa shape index (κ1) is 16.9. The SMILES string of the molecule is CCCC(C)Oc1nc(N)c2ncc(CN3CCNC(C)C3)n2n1. The van der Waals surface area contributed by atoms with Gasteiger partial charge in [0.1, 0.15) is 0 Å². The van der Waals surface area contributed by atoms with Gasteiger partial charge in [0.05, 0.1) is 18.0 Å². The van der Waals surface area contributed by atoms with Crippen molar-refractivity contribution in [2.45, 2.75) is 52.3 Å². The number of hydrogen-bond donors (Lipinski definition) is 2. The van der Waals surface area contributed by atoms with Crippen molar-refractivity contribution >= 4 is 11.5 Å². The number of hydrogen-bond acceptors (Lipinski definition) is 7. The fraction of sp³-hybridized carbons (Fsp3) is 0.688. The minimum atomic E-state index is 0.0628. The molecular formula is C16H27N7O. The summed E-state index contributed by atoms with van der Waals surface area (Å²) in [6.07, 6.45) is 3.90. The van der Waals surface area contributed by atoms with Crippen LogP contribution in [0.1, 0.15) is 39.3 Å². The molecule has 3 rings (SSSR count). The molecule has 0 bridgehead atoms. The smallest absolute Gasteiger partial charge is 0.336 e. The molecule has 8 heteroatoms. The van der Waals surface area contributed by atoms with E-state index in [0.717, 1.165) is 44.7 Å². The average molecular weight is 333 g/mol. The maximum atomic E-state index is 6.04. The van der Waals surface area contributed by atoms with Crippen molar-refractivity contribution in [3.8, 4) is 6.01 Å². The Morgan fingerprint density at radius 1 is 1.50 bits per heavy atom. The molecular weight excluding hydrogens is 306 g/mol. The molecule has 132 valence electrons. The Kier molecular flexibility index (Phi) is 5.15. The summed E-state index contributed by atoms with van der Waals surface area (Å²) < 4.78 is 7.57. The lowest BCUT2D eigenvalue weighted by atomic mass is 10.2. The molecule has 24 heavy (non-hydrogen) atoms. The first-order chi connectivity index (χ1) is 11.6. The van der Waals surface area contributed by atoms with Gasteiger partial charge in [-0.15, -0.1) is 5.10 Å². The molecule has 1 aliphatic heterocycles. The number of nitrogens with zero attached hydrogens (tertiary/aromatic N) is 5. The number of nitrogens with one attached hydrogen (secondary N) is 1. The number of imidazole rings is 1. The summed E-state index contributed by atoms with van der Waals surface area (Å²) in [5.74, 6) is 0.351. The lowest BCUT2D eigenvalue weighted by molar-refractivity contribution is 0.186. The minimum Gasteiger partial charge on any atom is -0.459 e. The molecule has 3 N–H and O–H groups in total. The van der Waals surface area contributed by atoms with E-state index < -0.39 is 0 Å². The van der Waals surface area contributed by atoms with Crippen molar-refractivity contribution < 1.29 is 4.74 Å². The van der Waals surface area contributed by atoms with E-state index in [9.17, 15) is 0 Å². The third kappa shape index (κ3) is 3.76. The Morgan fingerprint density at radius 3 is 3.08 bits per heavy atom. The summed E-state index contributed by atoms with van der Waals surface area (Å²) in [5.41, 5.74) is 7.63. The predicted octanol–water partition coefficient (Wildman–Crippen LogP) is 1.07. The van der Waals surface area contributed by atoms with Gasteiger partial charge in [-0.05, 0) is 20.3 Å². The van der Waals surface area contributed by atoms with Crippen molar-refractivity contribution in [3.63, 3.8) is 0 Å². The number of ether oxygens (including phenoxy) is 1. The molecule has 8 nitrogen and oxygen atoms in total. The first-order valence-electron chi connectivity index (χ1n) is 8.69. The predicted molar refractivity (Wildman–Crippen MR) is 92.9 cm³/mol. The molecule has 2 unspecified atom stereocenters. The van der Waals surface area contributed by atoms with E-state index in [0.29, 0.717) is 23.5 Å². The van der Waals surface area contributed by atoms with E-state index in [2.05, 4.69) is 39.1 Å². The normalized spacial score (nSPS) is 20.4. The Hall–Kier alpha value is -1.93. The zero-order valence-electron chi connectivity index (χ0n) is 14.7. The fourth-order valence-electron chi connectivity index (χ4n) is 3.12. The monoisotopic (exact) mass is 333 g/mol. The molecule has 0 aromatic carbocycles. The highest BCUT2D eigenvalue weighted by Crippen LogP contribution is 2.17. The number of fused-ring (bicyclic) bond motifs is 1. The van der Waals surface area contributed by atoms with Crippen molar-refractivity contribution in [1.82, 2.24) is 29.8 Å². The van der Waals surface area contributed by atoms with Crippen LogP contribution >= 0.6 is 0 Å². The summed E-state index contributed by atoms with van der Waals surface area (Å²) in [6, 6.07) is 0.806. The first-order valence-corrected chi connectivity index (χ1v) is 8.69. The van der Waals surface area contributed by atoms with Gasteiger partial charge in [-0.25, -0.2) is 9.50 Å². The average Bonchev–Trinajstić information content (AvgIpc) is 2.91. The van der Waals surface area contributed by atoms with Crippen molar-refractivity contribution in [2.75, 3.05) is 25.4 Å². The molecule has 2 aromatic heterocycles. The molecule has 0 spiro atoms. The van der Waals surface area contributed by atoms with E-state index in [-0.39, 0.29) is 6.10 Å². The molecule has 0 saturated carbocycles. The minimum absolute atomic E-state index is 0.0628. The highest BCUT2D eigenvalue weighted by atomic mass is 16.5. The van der Waals surface area contributed by atoms with Crippen molar-refractivity contribution in [1.29, 1.82) is 0 Å². The van der Waals surface area contributed by atoms with Crippen LogP contribution in [0.15, 0.2) is 6.20 Å². The van der Waals surface area contributed by atoms with E-state index in [1.165, 1.54) is 0 Å². The van der Waals surface area contributed by atoms with Crippen LogP contribution in [-0.2, 0) is 6.54 Å². The fourth-order valence-corrected chi connectivity index (χ4v) is 3.12. The third-order valence-electron chi connectivity index (χ3n) is 4.28. The summed E-state index contributed by atoms with van der Waals surface area (Å²) in [6.45, 7) is 10.1. The van der Waals surface area contributed by atoms with Crippen LogP contribution in [0.5, 0.6) is 6.01 Å². The Balaban J connectivity index is 1.82. The summed E-state index contributed by atoms with van der Waals surface area (Å²) >= 11 is 0. The Bertz CT molecular complexity index is 686. The molecule has 1 aliphatic rings. The van der Waals surface area contributed by atoms with Crippen LogP contribution in [0.25, 0.3) is 5.65 Å². The maximum Gasteiger partial charge on any atom is 0.336 e. The number of nitrogens with two attached hydrogens (primary N) is 1. The molecule has 0 amide bonds. The lowest BCUT2D eigenvalue weighted by Gasteiger charge is -2.31. The second-order valence-electron chi connectivity index (χ2n) is 6.57. The van der Waals surface area contributed by atoms with Crippen molar-refractivity contribution in [3.05, 3.63) is 11.9 Å². The number of rotatable bonds is 6. The quantitative estimate of drug-likeness (QED) is 0.816. The van der Waals surface area contributed by atoms with Gasteiger partial charge >= 0.3 is 6.01 Å². The topological polar surface area (TPSA) is 93.6 Å². The van der Waals surface area contributed by atoms with Gasteiger partial charge in [0.15, 0.2) is 11.5 Å². The van der Waals surface area contributed by atoms with Crippen LogP contribution < -0.4 is 15.8 Å². The van der Waals surface area contributed by atoms with E-state index in [1.54, 1.807) is 4.52 Å². The van der Waals surface area contributed by atoms with Crippen LogP contribution in [0.4, 0.5) is 5.82 Å². The standard InChI is InChI=1S/C16H27N7O/c1-4-5-12(3)24-16-20-14(17)15-19-8-13(23(15)21-16)10-22-7-6-18-11(2)9-22/h8,11-12,18H,4-7,9-10H2,1-3H3,(H2,17,20,21). The van der Waals surface area contributed by atoms with Crippen LogP contribution in [0.2, 0.25) is 0 Å². The maximum absolute atomic E-state index is 6.04. The molecule has 2 aromatic rings. The largest absolute Gasteiger partial charge is 0.459 e. The number of anilines is 1. The molecule has 0 aliphatic carbocycles. The lowest BCUT2D eigenvalue weighted by Crippen LogP contribution is -2.48. The van der Waals surface area contributed by atoms with E-state index >= 15 is 0 Å². The second kappa shape index (κ2) is 7.31. The van der Waals surface area contributed by atoms with E-state index in [1.807, 2.05) is 13.1 Å². The van der Waals surface area contributed by atoms with Gasteiger partial charge in [-0.3, -0.25) is 4.90 Å². The molecule has 2 atom stereocenters. The molecule has 1 fully saturated rings. The molecule has 1 saturated heterocycles. The molecule has 3 heterocycles. The van der Waals surface area contributed by atoms with Gasteiger partial charge in [0.2, 0.25) is 0 Å². The third-order valence-corrected chi connectivity index (χ3v) is 4.28. The molecule has 0 radical (unpaired) electrons. The number of nitrogen functional groups attached to an aromatic ring is 1. The number of aromatic nitrogens is 4.